The van der Waals surface area contributed by atoms with Gasteiger partial charge in [0, 0.05) is 50.3 Å². The van der Waals surface area contributed by atoms with Gasteiger partial charge < -0.3 is 25.6 Å². The SMILES string of the molecule is COCC(=O)Nc1cccc(CNC(=O)NCCC(=O)N2CCc3sccc3C2)c1. The number of methoxy groups -OCH3 is 1. The van der Waals surface area contributed by atoms with E-state index in [0.717, 1.165) is 18.5 Å². The molecule has 0 spiro atoms. The van der Waals surface area contributed by atoms with Crippen LogP contribution in [0.2, 0.25) is 0 Å². The number of amides is 4. The summed E-state index contributed by atoms with van der Waals surface area (Å²) in [5.41, 5.74) is 2.71. The summed E-state index contributed by atoms with van der Waals surface area (Å²) in [7, 11) is 1.46. The molecule has 0 unspecified atom stereocenters. The number of benzene rings is 1. The fraction of sp³-hybridized carbons (Fsp3) is 0.381. The predicted octanol–water partition coefficient (Wildman–Crippen LogP) is 2.11. The Morgan fingerprint density at radius 2 is 2.07 bits per heavy atom. The number of nitrogens with zero attached hydrogens (tertiary/aromatic N) is 1. The van der Waals surface area contributed by atoms with Crippen molar-refractivity contribution in [3.63, 3.8) is 0 Å². The van der Waals surface area contributed by atoms with Crippen LogP contribution in [0.1, 0.15) is 22.4 Å². The fourth-order valence-corrected chi connectivity index (χ4v) is 4.12. The molecule has 30 heavy (non-hydrogen) atoms. The number of carbonyl (C=O) groups is 3. The van der Waals surface area contributed by atoms with Crippen molar-refractivity contribution < 1.29 is 19.1 Å². The van der Waals surface area contributed by atoms with Crippen LogP contribution in [0.15, 0.2) is 35.7 Å². The molecular weight excluding hydrogens is 404 g/mol. The third kappa shape index (κ3) is 6.30. The third-order valence-corrected chi connectivity index (χ3v) is 5.75. The summed E-state index contributed by atoms with van der Waals surface area (Å²) in [6.45, 7) is 1.96. The fourth-order valence-electron chi connectivity index (χ4n) is 3.23. The van der Waals surface area contributed by atoms with Gasteiger partial charge in [0.1, 0.15) is 6.61 Å². The van der Waals surface area contributed by atoms with Crippen molar-refractivity contribution in [2.45, 2.75) is 25.9 Å². The van der Waals surface area contributed by atoms with Gasteiger partial charge in [0.2, 0.25) is 11.8 Å². The molecule has 4 amide bonds. The normalized spacial score (nSPS) is 12.8. The monoisotopic (exact) mass is 430 g/mol. The highest BCUT2D eigenvalue weighted by atomic mass is 32.1. The second-order valence-corrected chi connectivity index (χ2v) is 7.98. The van der Waals surface area contributed by atoms with Crippen LogP contribution in [0.25, 0.3) is 0 Å². The first-order valence-electron chi connectivity index (χ1n) is 9.77. The molecule has 1 aromatic heterocycles. The van der Waals surface area contributed by atoms with E-state index in [2.05, 4.69) is 27.4 Å². The molecule has 3 N–H and O–H groups in total. The highest BCUT2D eigenvalue weighted by molar-refractivity contribution is 7.10. The number of hydrogen-bond acceptors (Lipinski definition) is 5. The van der Waals surface area contributed by atoms with Crippen LogP contribution in [-0.2, 0) is 33.8 Å². The molecule has 0 aliphatic carbocycles. The average molecular weight is 431 g/mol. The van der Waals surface area contributed by atoms with Crippen molar-refractivity contribution in [2.75, 3.05) is 32.1 Å². The molecular formula is C21H26N4O4S. The van der Waals surface area contributed by atoms with Crippen LogP contribution >= 0.6 is 11.3 Å². The summed E-state index contributed by atoms with van der Waals surface area (Å²) in [6.07, 6.45) is 1.17. The van der Waals surface area contributed by atoms with Gasteiger partial charge in [-0.3, -0.25) is 9.59 Å². The Balaban J connectivity index is 1.36. The predicted molar refractivity (Wildman–Crippen MR) is 115 cm³/mol. The van der Waals surface area contributed by atoms with Crippen LogP contribution < -0.4 is 16.0 Å². The zero-order valence-corrected chi connectivity index (χ0v) is 17.7. The molecule has 160 valence electrons. The topological polar surface area (TPSA) is 99.8 Å². The van der Waals surface area contributed by atoms with Crippen molar-refractivity contribution in [2.24, 2.45) is 0 Å². The number of urea groups is 1. The Morgan fingerprint density at radius 3 is 2.90 bits per heavy atom. The van der Waals surface area contributed by atoms with Crippen LogP contribution in [0.3, 0.4) is 0 Å². The number of anilines is 1. The van der Waals surface area contributed by atoms with Gasteiger partial charge in [-0.05, 0) is 41.1 Å². The first kappa shape index (κ1) is 21.8. The Bertz CT molecular complexity index is 899. The number of nitrogens with one attached hydrogen (secondary N) is 3. The molecule has 0 fully saturated rings. The van der Waals surface area contributed by atoms with Crippen LogP contribution in [-0.4, -0.2) is 49.6 Å². The zero-order chi connectivity index (χ0) is 21.3. The highest BCUT2D eigenvalue weighted by Gasteiger charge is 2.21. The Kier molecular flexibility index (Phi) is 7.81. The Hall–Kier alpha value is -2.91. The number of thiophene rings is 1. The third-order valence-electron chi connectivity index (χ3n) is 4.72. The van der Waals surface area contributed by atoms with Crippen LogP contribution in [0, 0.1) is 0 Å². The molecule has 0 radical (unpaired) electrons. The van der Waals surface area contributed by atoms with E-state index < -0.39 is 0 Å². The lowest BCUT2D eigenvalue weighted by Crippen LogP contribution is -2.40. The molecule has 1 aromatic carbocycles. The molecule has 9 heteroatoms. The van der Waals surface area contributed by atoms with E-state index in [1.807, 2.05) is 11.0 Å². The van der Waals surface area contributed by atoms with E-state index in [1.165, 1.54) is 17.6 Å². The van der Waals surface area contributed by atoms with Crippen molar-refractivity contribution in [1.29, 1.82) is 0 Å². The van der Waals surface area contributed by atoms with E-state index in [9.17, 15) is 14.4 Å². The van der Waals surface area contributed by atoms with Crippen molar-refractivity contribution in [3.05, 3.63) is 51.7 Å². The van der Waals surface area contributed by atoms with Gasteiger partial charge in [-0.1, -0.05) is 12.1 Å². The van der Waals surface area contributed by atoms with Crippen molar-refractivity contribution in [1.82, 2.24) is 15.5 Å². The summed E-state index contributed by atoms with van der Waals surface area (Å²) in [6, 6.07) is 8.94. The molecule has 3 rings (SSSR count). The first-order valence-corrected chi connectivity index (χ1v) is 10.7. The van der Waals surface area contributed by atoms with E-state index in [-0.39, 0.29) is 37.4 Å². The number of hydrogen-bond donors (Lipinski definition) is 3. The van der Waals surface area contributed by atoms with Crippen LogP contribution in [0.5, 0.6) is 0 Å². The second-order valence-electron chi connectivity index (χ2n) is 6.98. The van der Waals surface area contributed by atoms with Gasteiger partial charge in [-0.2, -0.15) is 0 Å². The summed E-state index contributed by atoms with van der Waals surface area (Å²) in [4.78, 5) is 39.2. The number of carbonyl (C=O) groups excluding carboxylic acids is 3. The maximum Gasteiger partial charge on any atom is 0.315 e. The molecule has 0 bridgehead atoms. The van der Waals surface area contributed by atoms with E-state index in [0.29, 0.717) is 18.8 Å². The average Bonchev–Trinajstić information content (AvgIpc) is 3.20. The second kappa shape index (κ2) is 10.7. The van der Waals surface area contributed by atoms with E-state index >= 15 is 0 Å². The summed E-state index contributed by atoms with van der Waals surface area (Å²) < 4.78 is 4.79. The van der Waals surface area contributed by atoms with Gasteiger partial charge in [-0.15, -0.1) is 11.3 Å². The molecule has 2 heterocycles. The maximum absolute atomic E-state index is 12.4. The quantitative estimate of drug-likeness (QED) is 0.597. The maximum atomic E-state index is 12.4. The molecule has 8 nitrogen and oxygen atoms in total. The molecule has 2 aromatic rings. The lowest BCUT2D eigenvalue weighted by Gasteiger charge is -2.27. The minimum Gasteiger partial charge on any atom is -0.375 e. The van der Waals surface area contributed by atoms with Gasteiger partial charge in [0.25, 0.3) is 0 Å². The Labute approximate surface area is 179 Å². The lowest BCUT2D eigenvalue weighted by atomic mass is 10.1. The summed E-state index contributed by atoms with van der Waals surface area (Å²) in [5, 5.41) is 10.3. The van der Waals surface area contributed by atoms with Gasteiger partial charge in [-0.25, -0.2) is 4.79 Å². The minimum absolute atomic E-state index is 0.0184. The Morgan fingerprint density at radius 1 is 1.20 bits per heavy atom. The smallest absolute Gasteiger partial charge is 0.315 e. The first-order chi connectivity index (χ1) is 14.5. The van der Waals surface area contributed by atoms with Crippen LogP contribution in [0.4, 0.5) is 10.5 Å². The van der Waals surface area contributed by atoms with Crippen molar-refractivity contribution in [3.8, 4) is 0 Å². The van der Waals surface area contributed by atoms with Crippen molar-refractivity contribution >= 4 is 34.9 Å². The standard InChI is InChI=1S/C21H26N4O4S/c1-29-14-19(26)24-17-4-2-3-15(11-17)12-23-21(28)22-8-5-20(27)25-9-6-18-16(13-25)7-10-30-18/h2-4,7,10-11H,5-6,8-9,12-14H2,1H3,(H,24,26)(H2,22,23,28). The van der Waals surface area contributed by atoms with E-state index in [4.69, 9.17) is 4.74 Å². The molecule has 1 aliphatic rings. The van der Waals surface area contributed by atoms with Gasteiger partial charge in [0.05, 0.1) is 0 Å². The summed E-state index contributed by atoms with van der Waals surface area (Å²) >= 11 is 1.74. The lowest BCUT2D eigenvalue weighted by molar-refractivity contribution is -0.132. The molecule has 0 atom stereocenters. The highest BCUT2D eigenvalue weighted by Crippen LogP contribution is 2.24. The van der Waals surface area contributed by atoms with Gasteiger partial charge >= 0.3 is 6.03 Å². The van der Waals surface area contributed by atoms with Gasteiger partial charge in [0.15, 0.2) is 0 Å². The minimum atomic E-state index is -0.338. The zero-order valence-electron chi connectivity index (χ0n) is 16.9. The van der Waals surface area contributed by atoms with E-state index in [1.54, 1.807) is 29.5 Å². The number of fused-ring (bicyclic) bond motifs is 1. The molecule has 1 aliphatic heterocycles. The molecule has 0 saturated heterocycles. The number of ether oxygens (including phenoxy) is 1. The number of rotatable bonds is 8. The molecule has 0 saturated carbocycles. The summed E-state index contributed by atoms with van der Waals surface area (Å²) in [5.74, 6) is -0.194. The largest absolute Gasteiger partial charge is 0.375 e.